The second kappa shape index (κ2) is 6.91. The maximum Gasteiger partial charge on any atom is 0.0359 e. The van der Waals surface area contributed by atoms with Crippen LogP contribution in [0.1, 0.15) is 6.92 Å². The fourth-order valence-corrected chi connectivity index (χ4v) is 0.406. The quantitative estimate of drug-likeness (QED) is 0.362. The summed E-state index contributed by atoms with van der Waals surface area (Å²) in [6, 6.07) is 0. The van der Waals surface area contributed by atoms with Crippen LogP contribution in [-0.2, 0) is 45.3 Å². The summed E-state index contributed by atoms with van der Waals surface area (Å²) in [7, 11) is 3.78. The van der Waals surface area contributed by atoms with Crippen molar-refractivity contribution < 1.29 is 32.7 Å². The molecular formula is C5H11N2SY-. The molecule has 0 rings (SSSR count). The smallest absolute Gasteiger partial charge is 0.0359 e. The third-order valence-electron chi connectivity index (χ3n) is 0.676. The first-order valence-corrected chi connectivity index (χ1v) is 2.98. The van der Waals surface area contributed by atoms with Crippen LogP contribution in [0.4, 0.5) is 0 Å². The van der Waals surface area contributed by atoms with E-state index in [0.717, 1.165) is 6.54 Å². The zero-order chi connectivity index (χ0) is 6.57. The number of hydrogen-bond acceptors (Lipinski definition) is 2. The Morgan fingerprint density at radius 3 is 2.11 bits per heavy atom. The summed E-state index contributed by atoms with van der Waals surface area (Å²) in [5, 5.41) is 0.674. The van der Waals surface area contributed by atoms with E-state index in [4.69, 9.17) is 12.6 Å². The largest absolute Gasteiger partial charge is 0.743 e. The standard InChI is InChI=1S/C5H12N2S.Y/c1-4-6-5(8)7(2)3;/h4H2,1-3H3,(H,6,8);/p-1. The molecule has 0 aromatic carbocycles. The van der Waals surface area contributed by atoms with Crippen molar-refractivity contribution in [3.63, 3.8) is 0 Å². The Balaban J connectivity index is 0. The minimum absolute atomic E-state index is 0. The average molecular weight is 220 g/mol. The summed E-state index contributed by atoms with van der Waals surface area (Å²) in [6.45, 7) is 2.74. The molecule has 0 unspecified atom stereocenters. The minimum atomic E-state index is 0. The molecule has 0 heterocycles. The third-order valence-corrected chi connectivity index (χ3v) is 1.17. The van der Waals surface area contributed by atoms with E-state index in [0.29, 0.717) is 5.17 Å². The van der Waals surface area contributed by atoms with Crippen molar-refractivity contribution in [2.45, 2.75) is 6.92 Å². The van der Waals surface area contributed by atoms with Crippen LogP contribution in [0.25, 0.3) is 0 Å². The molecule has 0 N–H and O–H groups in total. The maximum absolute atomic E-state index is 4.84. The van der Waals surface area contributed by atoms with Crippen molar-refractivity contribution in [1.29, 1.82) is 0 Å². The second-order valence-electron chi connectivity index (χ2n) is 1.65. The number of rotatable bonds is 1. The molecule has 0 aromatic rings. The van der Waals surface area contributed by atoms with Crippen LogP contribution in [0.5, 0.6) is 0 Å². The van der Waals surface area contributed by atoms with E-state index in [-0.39, 0.29) is 32.7 Å². The van der Waals surface area contributed by atoms with Gasteiger partial charge in [-0.05, 0) is 12.1 Å². The van der Waals surface area contributed by atoms with E-state index >= 15 is 0 Å². The molecule has 2 nitrogen and oxygen atoms in total. The van der Waals surface area contributed by atoms with Gasteiger partial charge in [0.1, 0.15) is 0 Å². The molecule has 0 saturated carbocycles. The molecule has 51 valence electrons. The molecule has 0 aliphatic heterocycles. The Morgan fingerprint density at radius 1 is 1.56 bits per heavy atom. The fraction of sp³-hybridized carbons (Fsp3) is 0.800. The van der Waals surface area contributed by atoms with Crippen LogP contribution < -0.4 is 0 Å². The van der Waals surface area contributed by atoms with Crippen LogP contribution in [0.15, 0.2) is 4.99 Å². The van der Waals surface area contributed by atoms with Gasteiger partial charge in [-0.3, -0.25) is 4.99 Å². The molecule has 0 aromatic heterocycles. The van der Waals surface area contributed by atoms with Crippen molar-refractivity contribution in [2.24, 2.45) is 4.99 Å². The van der Waals surface area contributed by atoms with E-state index in [1.165, 1.54) is 0 Å². The first-order valence-electron chi connectivity index (χ1n) is 2.57. The van der Waals surface area contributed by atoms with Gasteiger partial charge in [-0.2, -0.15) is 0 Å². The van der Waals surface area contributed by atoms with Crippen molar-refractivity contribution in [3.05, 3.63) is 0 Å². The van der Waals surface area contributed by atoms with Crippen LogP contribution in [0, 0.1) is 0 Å². The van der Waals surface area contributed by atoms with Gasteiger partial charge in [0.2, 0.25) is 0 Å². The van der Waals surface area contributed by atoms with Gasteiger partial charge >= 0.3 is 0 Å². The molecule has 0 fully saturated rings. The van der Waals surface area contributed by atoms with E-state index in [2.05, 4.69) is 4.99 Å². The van der Waals surface area contributed by atoms with Crippen molar-refractivity contribution in [1.82, 2.24) is 4.90 Å². The van der Waals surface area contributed by atoms with E-state index < -0.39 is 0 Å². The number of nitrogens with zero attached hydrogens (tertiary/aromatic N) is 2. The molecule has 0 bridgehead atoms. The van der Waals surface area contributed by atoms with E-state index in [1.54, 1.807) is 0 Å². The van der Waals surface area contributed by atoms with Gasteiger partial charge in [-0.15, -0.1) is 0 Å². The molecule has 0 amide bonds. The molecule has 0 aliphatic carbocycles. The van der Waals surface area contributed by atoms with Gasteiger partial charge in [0.15, 0.2) is 0 Å². The Bertz CT molecular complexity index is 93.0. The summed E-state index contributed by atoms with van der Waals surface area (Å²) in [4.78, 5) is 5.80. The van der Waals surface area contributed by atoms with Crippen molar-refractivity contribution in [3.8, 4) is 0 Å². The summed E-state index contributed by atoms with van der Waals surface area (Å²) < 4.78 is 0. The molecule has 0 atom stereocenters. The van der Waals surface area contributed by atoms with E-state index in [1.807, 2.05) is 25.9 Å². The van der Waals surface area contributed by atoms with Crippen LogP contribution in [0.3, 0.4) is 0 Å². The average Bonchev–Trinajstić information content (AvgIpc) is 1.67. The Morgan fingerprint density at radius 2 is 2.00 bits per heavy atom. The second-order valence-corrected chi connectivity index (χ2v) is 2.02. The Kier molecular flexibility index (Phi) is 9.57. The molecule has 0 spiro atoms. The SMILES string of the molecule is CCN=C([S-])N(C)C.[Y]. The predicted octanol–water partition coefficient (Wildman–Crippen LogP) is 0.468. The van der Waals surface area contributed by atoms with Crippen LogP contribution in [0.2, 0.25) is 0 Å². The molecule has 0 aliphatic rings. The Hall–Kier alpha value is 0.794. The number of hydrogen-bond donors (Lipinski definition) is 0. The normalized spacial score (nSPS) is 10.3. The fourth-order valence-electron chi connectivity index (χ4n) is 0.277. The summed E-state index contributed by atoms with van der Waals surface area (Å²) in [5.74, 6) is 0. The van der Waals surface area contributed by atoms with Crippen LogP contribution >= 0.6 is 0 Å². The van der Waals surface area contributed by atoms with Gasteiger partial charge in [0.05, 0.1) is 0 Å². The minimum Gasteiger partial charge on any atom is -0.743 e. The van der Waals surface area contributed by atoms with Gasteiger partial charge in [-0.25, -0.2) is 0 Å². The molecular weight excluding hydrogens is 209 g/mol. The van der Waals surface area contributed by atoms with Crippen LogP contribution in [-0.4, -0.2) is 30.7 Å². The zero-order valence-electron chi connectivity index (χ0n) is 6.09. The first-order chi connectivity index (χ1) is 3.68. The van der Waals surface area contributed by atoms with Crippen molar-refractivity contribution >= 4 is 17.8 Å². The topological polar surface area (TPSA) is 15.6 Å². The summed E-state index contributed by atoms with van der Waals surface area (Å²) in [6.07, 6.45) is 0. The predicted molar refractivity (Wildman–Crippen MR) is 39.0 cm³/mol. The molecule has 1 radical (unpaired) electrons. The third kappa shape index (κ3) is 6.68. The van der Waals surface area contributed by atoms with Gasteiger partial charge in [-0.1, -0.05) is 0 Å². The summed E-state index contributed by atoms with van der Waals surface area (Å²) >= 11 is 4.84. The monoisotopic (exact) mass is 220 g/mol. The maximum atomic E-state index is 4.84. The van der Waals surface area contributed by atoms with Gasteiger partial charge in [0.25, 0.3) is 0 Å². The molecule has 0 saturated heterocycles. The van der Waals surface area contributed by atoms with Crippen molar-refractivity contribution in [2.75, 3.05) is 20.6 Å². The van der Waals surface area contributed by atoms with E-state index in [9.17, 15) is 0 Å². The first kappa shape index (κ1) is 12.5. The molecule has 9 heavy (non-hydrogen) atoms. The summed E-state index contributed by atoms with van der Waals surface area (Å²) in [5.41, 5.74) is 0. The Labute approximate surface area is 87.4 Å². The van der Waals surface area contributed by atoms with Gasteiger partial charge < -0.3 is 17.5 Å². The van der Waals surface area contributed by atoms with Gasteiger partial charge in [0, 0.05) is 53.3 Å². The zero-order valence-corrected chi connectivity index (χ0v) is 9.74. The number of amidine groups is 1. The molecule has 4 heteroatoms. The number of aliphatic imine (C=N–C) groups is 1.